The fourth-order valence-corrected chi connectivity index (χ4v) is 3.36. The number of rotatable bonds is 10. The van der Waals surface area contributed by atoms with Crippen molar-refractivity contribution in [2.45, 2.75) is 32.9 Å². The first-order valence-corrected chi connectivity index (χ1v) is 11.9. The quantitative estimate of drug-likeness (QED) is 0.260. The van der Waals surface area contributed by atoms with Gasteiger partial charge in [0.25, 0.3) is 0 Å². The number of halogens is 1. The normalized spacial score (nSPS) is 12.5. The van der Waals surface area contributed by atoms with Crippen LogP contribution >= 0.6 is 24.0 Å². The molecule has 31 heavy (non-hydrogen) atoms. The van der Waals surface area contributed by atoms with Crippen molar-refractivity contribution < 1.29 is 17.9 Å². The first kappa shape index (κ1) is 27.0. The largest absolute Gasteiger partial charge is 0.490 e. The number of para-hydroxylation sites is 2. The van der Waals surface area contributed by atoms with E-state index in [4.69, 9.17) is 9.47 Å². The molecule has 0 spiro atoms. The highest BCUT2D eigenvalue weighted by Crippen LogP contribution is 2.30. The SMILES string of the molecule is CCOc1ccccc1Oc1ccc(CNC(=NC)NC(C)CCS(C)(=O)=O)cn1.I. The highest BCUT2D eigenvalue weighted by Gasteiger charge is 2.10. The minimum atomic E-state index is -2.98. The van der Waals surface area contributed by atoms with E-state index in [1.54, 1.807) is 19.3 Å². The number of guanidine groups is 1. The molecule has 0 radical (unpaired) electrons. The van der Waals surface area contributed by atoms with Crippen molar-refractivity contribution >= 4 is 39.8 Å². The molecule has 0 fully saturated rings. The maximum absolute atomic E-state index is 11.3. The van der Waals surface area contributed by atoms with Crippen LogP contribution in [0.4, 0.5) is 0 Å². The number of aliphatic imine (C=N–C) groups is 1. The van der Waals surface area contributed by atoms with Crippen LogP contribution in [0, 0.1) is 0 Å². The van der Waals surface area contributed by atoms with Gasteiger partial charge in [0.05, 0.1) is 12.4 Å². The smallest absolute Gasteiger partial charge is 0.219 e. The summed E-state index contributed by atoms with van der Waals surface area (Å²) < 4.78 is 34.0. The van der Waals surface area contributed by atoms with E-state index in [2.05, 4.69) is 20.6 Å². The van der Waals surface area contributed by atoms with Crippen molar-refractivity contribution in [2.24, 2.45) is 4.99 Å². The molecule has 0 aliphatic rings. The van der Waals surface area contributed by atoms with Crippen LogP contribution < -0.4 is 20.1 Å². The third kappa shape index (κ3) is 10.2. The molecule has 0 saturated heterocycles. The van der Waals surface area contributed by atoms with Crippen molar-refractivity contribution in [2.75, 3.05) is 25.7 Å². The number of nitrogens with zero attached hydrogens (tertiary/aromatic N) is 2. The Morgan fingerprint density at radius 2 is 1.90 bits per heavy atom. The Bertz CT molecular complexity index is 937. The Morgan fingerprint density at radius 1 is 1.19 bits per heavy atom. The number of nitrogens with one attached hydrogen (secondary N) is 2. The molecule has 1 unspecified atom stereocenters. The van der Waals surface area contributed by atoms with E-state index in [0.29, 0.717) is 42.9 Å². The van der Waals surface area contributed by atoms with Crippen LogP contribution in [0.5, 0.6) is 17.4 Å². The Balaban J connectivity index is 0.00000480. The lowest BCUT2D eigenvalue weighted by Gasteiger charge is -2.17. The molecule has 1 atom stereocenters. The summed E-state index contributed by atoms with van der Waals surface area (Å²) in [4.78, 5) is 8.53. The molecule has 0 amide bonds. The number of aromatic nitrogens is 1. The fraction of sp³-hybridized carbons (Fsp3) is 0.429. The lowest BCUT2D eigenvalue weighted by molar-refractivity contribution is 0.319. The molecule has 2 N–H and O–H groups in total. The summed E-state index contributed by atoms with van der Waals surface area (Å²) in [5.74, 6) is 2.50. The van der Waals surface area contributed by atoms with Gasteiger partial charge in [0.15, 0.2) is 17.5 Å². The van der Waals surface area contributed by atoms with Gasteiger partial charge < -0.3 is 20.1 Å². The molecule has 0 aliphatic heterocycles. The summed E-state index contributed by atoms with van der Waals surface area (Å²) in [6, 6.07) is 11.2. The molecule has 172 valence electrons. The topological polar surface area (TPSA) is 102 Å². The molecule has 1 aromatic heterocycles. The monoisotopic (exact) mass is 562 g/mol. The van der Waals surface area contributed by atoms with Crippen molar-refractivity contribution in [1.82, 2.24) is 15.6 Å². The number of benzene rings is 1. The summed E-state index contributed by atoms with van der Waals surface area (Å²) >= 11 is 0. The highest BCUT2D eigenvalue weighted by atomic mass is 127. The number of ether oxygens (including phenoxy) is 2. The molecule has 2 rings (SSSR count). The summed E-state index contributed by atoms with van der Waals surface area (Å²) in [5.41, 5.74) is 0.951. The Hall–Kier alpha value is -2.08. The number of sulfone groups is 1. The van der Waals surface area contributed by atoms with Gasteiger partial charge in [0.2, 0.25) is 5.88 Å². The van der Waals surface area contributed by atoms with Crippen LogP contribution in [0.3, 0.4) is 0 Å². The summed E-state index contributed by atoms with van der Waals surface area (Å²) in [7, 11) is -1.31. The molecule has 10 heteroatoms. The van der Waals surface area contributed by atoms with E-state index >= 15 is 0 Å². The molecular formula is C21H31IN4O4S. The molecule has 0 saturated carbocycles. The average molecular weight is 562 g/mol. The third-order valence-electron chi connectivity index (χ3n) is 4.15. The van der Waals surface area contributed by atoms with Crippen molar-refractivity contribution in [3.8, 4) is 17.4 Å². The van der Waals surface area contributed by atoms with Crippen molar-refractivity contribution in [3.05, 3.63) is 48.2 Å². The predicted molar refractivity (Wildman–Crippen MR) is 134 cm³/mol. The van der Waals surface area contributed by atoms with Crippen LogP contribution in [-0.2, 0) is 16.4 Å². The van der Waals surface area contributed by atoms with E-state index < -0.39 is 9.84 Å². The van der Waals surface area contributed by atoms with Gasteiger partial charge in [-0.25, -0.2) is 13.4 Å². The summed E-state index contributed by atoms with van der Waals surface area (Å²) in [6.07, 6.45) is 3.48. The first-order chi connectivity index (χ1) is 14.3. The number of hydrogen-bond donors (Lipinski definition) is 2. The molecule has 1 heterocycles. The van der Waals surface area contributed by atoms with Gasteiger partial charge in [-0.3, -0.25) is 4.99 Å². The van der Waals surface area contributed by atoms with Crippen LogP contribution in [0.1, 0.15) is 25.8 Å². The fourth-order valence-electron chi connectivity index (χ4n) is 2.57. The van der Waals surface area contributed by atoms with Gasteiger partial charge in [-0.2, -0.15) is 0 Å². The summed E-state index contributed by atoms with van der Waals surface area (Å²) in [6.45, 7) is 4.92. The van der Waals surface area contributed by atoms with E-state index in [0.717, 1.165) is 5.56 Å². The standard InChI is InChI=1S/C21H30N4O4S.HI/c1-5-28-18-8-6-7-9-19(18)29-20-11-10-17(14-23-20)15-24-21(22-3)25-16(2)12-13-30(4,26)27;/h6-11,14,16H,5,12-13,15H2,1-4H3,(H2,22,24,25);1H. The minimum Gasteiger partial charge on any atom is -0.490 e. The average Bonchev–Trinajstić information content (AvgIpc) is 2.72. The van der Waals surface area contributed by atoms with Crippen molar-refractivity contribution in [1.29, 1.82) is 0 Å². The minimum absolute atomic E-state index is 0. The number of pyridine rings is 1. The van der Waals surface area contributed by atoms with Gasteiger partial charge in [-0.1, -0.05) is 18.2 Å². The van der Waals surface area contributed by atoms with Gasteiger partial charge in [-0.05, 0) is 38.0 Å². The predicted octanol–water partition coefficient (Wildman–Crippen LogP) is 3.38. The van der Waals surface area contributed by atoms with Gasteiger partial charge >= 0.3 is 0 Å². The van der Waals surface area contributed by atoms with Crippen LogP contribution in [0.2, 0.25) is 0 Å². The van der Waals surface area contributed by atoms with Crippen molar-refractivity contribution in [3.63, 3.8) is 0 Å². The second-order valence-electron chi connectivity index (χ2n) is 6.88. The zero-order valence-corrected chi connectivity index (χ0v) is 21.4. The van der Waals surface area contributed by atoms with Gasteiger partial charge in [-0.15, -0.1) is 24.0 Å². The summed E-state index contributed by atoms with van der Waals surface area (Å²) in [5, 5.41) is 6.38. The van der Waals surface area contributed by atoms with Crippen LogP contribution in [-0.4, -0.2) is 51.1 Å². The van der Waals surface area contributed by atoms with Crippen LogP contribution in [0.25, 0.3) is 0 Å². The lowest BCUT2D eigenvalue weighted by atomic mass is 10.2. The van der Waals surface area contributed by atoms with E-state index in [-0.39, 0.29) is 35.8 Å². The molecule has 2 aromatic rings. The number of hydrogen-bond acceptors (Lipinski definition) is 6. The molecule has 8 nitrogen and oxygen atoms in total. The maximum atomic E-state index is 11.3. The maximum Gasteiger partial charge on any atom is 0.219 e. The first-order valence-electron chi connectivity index (χ1n) is 9.80. The molecule has 0 bridgehead atoms. The van der Waals surface area contributed by atoms with Crippen LogP contribution in [0.15, 0.2) is 47.6 Å². The lowest BCUT2D eigenvalue weighted by Crippen LogP contribution is -2.42. The zero-order valence-electron chi connectivity index (χ0n) is 18.3. The van der Waals surface area contributed by atoms with E-state index in [1.807, 2.05) is 44.2 Å². The second-order valence-corrected chi connectivity index (χ2v) is 9.14. The molecule has 0 aliphatic carbocycles. The highest BCUT2D eigenvalue weighted by molar-refractivity contribution is 14.0. The molecule has 1 aromatic carbocycles. The van der Waals surface area contributed by atoms with Gasteiger partial charge in [0, 0.05) is 38.2 Å². The van der Waals surface area contributed by atoms with Gasteiger partial charge in [0.1, 0.15) is 9.84 Å². The molecular weight excluding hydrogens is 531 g/mol. The Kier molecular flexibility index (Phi) is 11.6. The third-order valence-corrected chi connectivity index (χ3v) is 5.13. The second kappa shape index (κ2) is 13.4. The van der Waals surface area contributed by atoms with E-state index in [9.17, 15) is 8.42 Å². The zero-order chi connectivity index (χ0) is 22.0. The Morgan fingerprint density at radius 3 is 2.48 bits per heavy atom. The van der Waals surface area contributed by atoms with E-state index in [1.165, 1.54) is 6.26 Å². The Labute approximate surface area is 201 Å².